The van der Waals surface area contributed by atoms with Crippen LogP contribution in [0.5, 0.6) is 11.5 Å². The Hall–Kier alpha value is -3.36. The van der Waals surface area contributed by atoms with Gasteiger partial charge in [-0.25, -0.2) is 4.39 Å². The molecule has 0 atom stereocenters. The van der Waals surface area contributed by atoms with Gasteiger partial charge in [-0.15, -0.1) is 0 Å². The summed E-state index contributed by atoms with van der Waals surface area (Å²) in [4.78, 5) is -0.212. The number of methoxy groups -OCH3 is 1. The van der Waals surface area contributed by atoms with E-state index >= 15 is 0 Å². The van der Waals surface area contributed by atoms with Crippen molar-refractivity contribution >= 4 is 16.2 Å². The first kappa shape index (κ1) is 18.0. The van der Waals surface area contributed by atoms with Gasteiger partial charge in [-0.05, 0) is 48.0 Å². The molecule has 0 aliphatic rings. The average molecular weight is 358 g/mol. The lowest BCUT2D eigenvalue weighted by Gasteiger charge is -2.11. The number of nitrogens with zero attached hydrogens (tertiary/aromatic N) is 2. The standard InChI is InChI=1S/C17H11FN2O4S/c1-23-17-9-12(8-13(10-19)11-20)2-7-16(17)24-25(21,22)15-5-3-14(18)4-6-15/h2-9H,1H3. The molecule has 0 bridgehead atoms. The van der Waals surface area contributed by atoms with Crippen LogP contribution in [0.3, 0.4) is 0 Å². The summed E-state index contributed by atoms with van der Waals surface area (Å²) in [7, 11) is -2.86. The van der Waals surface area contributed by atoms with Crippen LogP contribution in [0.1, 0.15) is 5.56 Å². The van der Waals surface area contributed by atoms with Gasteiger partial charge in [-0.3, -0.25) is 0 Å². The van der Waals surface area contributed by atoms with Crippen molar-refractivity contribution in [1.29, 1.82) is 10.5 Å². The second-order valence-electron chi connectivity index (χ2n) is 4.68. The molecule has 0 aliphatic carbocycles. The molecule has 0 heterocycles. The van der Waals surface area contributed by atoms with Crippen LogP contribution in [0.25, 0.3) is 6.08 Å². The molecule has 6 nitrogen and oxygen atoms in total. The number of ether oxygens (including phenoxy) is 1. The van der Waals surface area contributed by atoms with Crippen LogP contribution in [0.2, 0.25) is 0 Å². The maximum Gasteiger partial charge on any atom is 0.339 e. The molecule has 0 aromatic heterocycles. The molecule has 0 aliphatic heterocycles. The van der Waals surface area contributed by atoms with E-state index in [1.807, 2.05) is 0 Å². The number of rotatable bonds is 5. The number of hydrogen-bond donors (Lipinski definition) is 0. The fourth-order valence-electron chi connectivity index (χ4n) is 1.87. The number of allylic oxidation sites excluding steroid dienone is 1. The molecule has 2 aromatic carbocycles. The second kappa shape index (κ2) is 7.47. The SMILES string of the molecule is COc1cc(C=C(C#N)C#N)ccc1OS(=O)(=O)c1ccc(F)cc1. The summed E-state index contributed by atoms with van der Waals surface area (Å²) in [5.74, 6) is -0.562. The summed E-state index contributed by atoms with van der Waals surface area (Å²) in [5.41, 5.74) is 0.344. The molecule has 25 heavy (non-hydrogen) atoms. The van der Waals surface area contributed by atoms with Gasteiger partial charge in [0, 0.05) is 0 Å². The molecular formula is C17H11FN2O4S. The molecule has 0 N–H and O–H groups in total. The lowest BCUT2D eigenvalue weighted by Crippen LogP contribution is -2.10. The number of benzene rings is 2. The first-order chi connectivity index (χ1) is 11.9. The van der Waals surface area contributed by atoms with Crippen molar-refractivity contribution in [2.75, 3.05) is 7.11 Å². The van der Waals surface area contributed by atoms with E-state index in [1.165, 1.54) is 31.4 Å². The normalized spacial score (nSPS) is 10.2. The molecular weight excluding hydrogens is 347 g/mol. The zero-order valence-corrected chi connectivity index (χ0v) is 13.7. The predicted octanol–water partition coefficient (Wildman–Crippen LogP) is 3.03. The van der Waals surface area contributed by atoms with Crippen molar-refractivity contribution in [1.82, 2.24) is 0 Å². The van der Waals surface area contributed by atoms with Crippen molar-refractivity contribution in [3.05, 3.63) is 59.4 Å². The van der Waals surface area contributed by atoms with Gasteiger partial charge in [0.05, 0.1) is 7.11 Å². The molecule has 2 rings (SSSR count). The van der Waals surface area contributed by atoms with Crippen molar-refractivity contribution in [2.45, 2.75) is 4.90 Å². The van der Waals surface area contributed by atoms with E-state index in [0.29, 0.717) is 5.56 Å². The third-order valence-electron chi connectivity index (χ3n) is 3.04. The topological polar surface area (TPSA) is 100 Å². The monoisotopic (exact) mass is 358 g/mol. The van der Waals surface area contributed by atoms with Crippen LogP contribution in [-0.2, 0) is 10.1 Å². The Labute approximate surface area is 144 Å². The molecule has 0 spiro atoms. The summed E-state index contributed by atoms with van der Waals surface area (Å²) < 4.78 is 47.5. The van der Waals surface area contributed by atoms with Crippen LogP contribution < -0.4 is 8.92 Å². The summed E-state index contributed by atoms with van der Waals surface area (Å²) in [6.07, 6.45) is 1.32. The molecule has 0 unspecified atom stereocenters. The molecule has 0 saturated heterocycles. The largest absolute Gasteiger partial charge is 0.493 e. The molecule has 0 radical (unpaired) electrons. The number of halogens is 1. The molecule has 0 fully saturated rings. The Bertz CT molecular complexity index is 984. The highest BCUT2D eigenvalue weighted by Gasteiger charge is 2.19. The van der Waals surface area contributed by atoms with Crippen LogP contribution in [0, 0.1) is 28.5 Å². The summed E-state index contributed by atoms with van der Waals surface area (Å²) in [6.45, 7) is 0. The van der Waals surface area contributed by atoms with Gasteiger partial charge in [-0.1, -0.05) is 6.07 Å². The summed E-state index contributed by atoms with van der Waals surface area (Å²) in [6, 6.07) is 11.8. The molecule has 2 aromatic rings. The van der Waals surface area contributed by atoms with Crippen LogP contribution in [-0.4, -0.2) is 15.5 Å². The van der Waals surface area contributed by atoms with Gasteiger partial charge in [0.1, 0.15) is 28.4 Å². The molecule has 126 valence electrons. The molecule has 0 saturated carbocycles. The van der Waals surface area contributed by atoms with E-state index < -0.39 is 15.9 Å². The van der Waals surface area contributed by atoms with E-state index in [9.17, 15) is 12.8 Å². The van der Waals surface area contributed by atoms with Crippen LogP contribution in [0.15, 0.2) is 52.9 Å². The second-order valence-corrected chi connectivity index (χ2v) is 6.23. The van der Waals surface area contributed by atoms with Crippen LogP contribution >= 0.6 is 0 Å². The van der Waals surface area contributed by atoms with Gasteiger partial charge in [0.2, 0.25) is 0 Å². The van der Waals surface area contributed by atoms with Crippen molar-refractivity contribution < 1.29 is 21.7 Å². The Morgan fingerprint density at radius 2 is 1.72 bits per heavy atom. The van der Waals surface area contributed by atoms with E-state index in [4.69, 9.17) is 19.4 Å². The number of nitriles is 2. The van der Waals surface area contributed by atoms with Gasteiger partial charge in [-0.2, -0.15) is 18.9 Å². The highest BCUT2D eigenvalue weighted by atomic mass is 32.2. The van der Waals surface area contributed by atoms with E-state index in [0.717, 1.165) is 24.3 Å². The zero-order chi connectivity index (χ0) is 18.4. The average Bonchev–Trinajstić information content (AvgIpc) is 2.60. The smallest absolute Gasteiger partial charge is 0.339 e. The summed E-state index contributed by atoms with van der Waals surface area (Å²) in [5, 5.41) is 17.5. The Kier molecular flexibility index (Phi) is 5.38. The highest BCUT2D eigenvalue weighted by molar-refractivity contribution is 7.87. The lowest BCUT2D eigenvalue weighted by molar-refractivity contribution is 0.390. The predicted molar refractivity (Wildman–Crippen MR) is 86.4 cm³/mol. The Morgan fingerprint density at radius 1 is 1.08 bits per heavy atom. The molecule has 0 amide bonds. The Balaban J connectivity index is 2.37. The van der Waals surface area contributed by atoms with Gasteiger partial charge in [0.25, 0.3) is 0 Å². The van der Waals surface area contributed by atoms with E-state index in [-0.39, 0.29) is 22.0 Å². The summed E-state index contributed by atoms with van der Waals surface area (Å²) >= 11 is 0. The third-order valence-corrected chi connectivity index (χ3v) is 4.29. The minimum atomic E-state index is -4.17. The third kappa shape index (κ3) is 4.34. The number of hydrogen-bond acceptors (Lipinski definition) is 6. The fraction of sp³-hybridized carbons (Fsp3) is 0.0588. The van der Waals surface area contributed by atoms with Gasteiger partial charge >= 0.3 is 10.1 Å². The first-order valence-corrected chi connectivity index (χ1v) is 8.20. The quantitative estimate of drug-likeness (QED) is 0.601. The minimum absolute atomic E-state index is 0.0839. The van der Waals surface area contributed by atoms with Crippen LogP contribution in [0.4, 0.5) is 4.39 Å². The fourth-order valence-corrected chi connectivity index (χ4v) is 2.81. The van der Waals surface area contributed by atoms with Gasteiger partial charge < -0.3 is 8.92 Å². The van der Waals surface area contributed by atoms with E-state index in [1.54, 1.807) is 12.1 Å². The van der Waals surface area contributed by atoms with Crippen molar-refractivity contribution in [3.63, 3.8) is 0 Å². The Morgan fingerprint density at radius 3 is 2.28 bits per heavy atom. The highest BCUT2D eigenvalue weighted by Crippen LogP contribution is 2.31. The maximum absolute atomic E-state index is 12.9. The van der Waals surface area contributed by atoms with Gasteiger partial charge in [0.15, 0.2) is 11.5 Å². The maximum atomic E-state index is 12.9. The lowest BCUT2D eigenvalue weighted by atomic mass is 10.1. The van der Waals surface area contributed by atoms with Crippen molar-refractivity contribution in [2.24, 2.45) is 0 Å². The molecule has 8 heteroatoms. The van der Waals surface area contributed by atoms with E-state index in [2.05, 4.69) is 0 Å². The first-order valence-electron chi connectivity index (χ1n) is 6.79. The van der Waals surface area contributed by atoms with Crippen molar-refractivity contribution in [3.8, 4) is 23.6 Å². The minimum Gasteiger partial charge on any atom is -0.493 e. The zero-order valence-electron chi connectivity index (χ0n) is 12.9.